The molecule has 1 aromatic carbocycles. The van der Waals surface area contributed by atoms with Gasteiger partial charge >= 0.3 is 6.36 Å². The highest BCUT2D eigenvalue weighted by Crippen LogP contribution is 2.27. The summed E-state index contributed by atoms with van der Waals surface area (Å²) < 4.78 is 53.0. The van der Waals surface area contributed by atoms with Crippen molar-refractivity contribution >= 4 is 5.78 Å². The molecular formula is C13H7F4NO2. The molecule has 2 rings (SSSR count). The highest BCUT2D eigenvalue weighted by Gasteiger charge is 2.32. The van der Waals surface area contributed by atoms with Crippen LogP contribution < -0.4 is 4.74 Å². The number of pyridine rings is 1. The number of hydrogen-bond donors (Lipinski definition) is 0. The highest BCUT2D eigenvalue weighted by molar-refractivity contribution is 6.08. The van der Waals surface area contributed by atoms with E-state index in [0.717, 1.165) is 12.1 Å². The van der Waals surface area contributed by atoms with Gasteiger partial charge in [0, 0.05) is 23.5 Å². The van der Waals surface area contributed by atoms with E-state index < -0.39 is 23.7 Å². The Bertz CT molecular complexity index is 626. The van der Waals surface area contributed by atoms with Crippen molar-refractivity contribution in [1.82, 2.24) is 4.98 Å². The second-order valence-corrected chi connectivity index (χ2v) is 3.76. The van der Waals surface area contributed by atoms with Gasteiger partial charge in [-0.15, -0.1) is 13.2 Å². The second kappa shape index (κ2) is 5.28. The quantitative estimate of drug-likeness (QED) is 0.641. The van der Waals surface area contributed by atoms with E-state index in [-0.39, 0.29) is 11.1 Å². The van der Waals surface area contributed by atoms with Gasteiger partial charge in [-0.2, -0.15) is 0 Å². The fourth-order valence-electron chi connectivity index (χ4n) is 1.51. The third-order valence-corrected chi connectivity index (χ3v) is 2.34. The largest absolute Gasteiger partial charge is 0.573 e. The van der Waals surface area contributed by atoms with Crippen molar-refractivity contribution in [2.75, 3.05) is 0 Å². The van der Waals surface area contributed by atoms with Crippen molar-refractivity contribution in [3.05, 3.63) is 59.7 Å². The van der Waals surface area contributed by atoms with Gasteiger partial charge in [-0.05, 0) is 30.3 Å². The summed E-state index contributed by atoms with van der Waals surface area (Å²) in [6.07, 6.45) is -2.33. The molecule has 0 spiro atoms. The maximum Gasteiger partial charge on any atom is 0.573 e. The lowest BCUT2D eigenvalue weighted by Crippen LogP contribution is -2.18. The molecule has 0 aliphatic heterocycles. The minimum atomic E-state index is -5.03. The topological polar surface area (TPSA) is 39.2 Å². The molecule has 0 amide bonds. The molecule has 0 N–H and O–H groups in total. The Kier molecular flexibility index (Phi) is 3.69. The molecule has 0 saturated heterocycles. The molecule has 0 saturated carbocycles. The molecule has 0 aliphatic carbocycles. The Morgan fingerprint density at radius 2 is 1.90 bits per heavy atom. The van der Waals surface area contributed by atoms with Crippen LogP contribution in [0.4, 0.5) is 17.6 Å². The number of nitrogens with zero attached hydrogens (tertiary/aromatic N) is 1. The van der Waals surface area contributed by atoms with Gasteiger partial charge in [0.05, 0.1) is 0 Å². The molecule has 7 heteroatoms. The predicted molar refractivity (Wildman–Crippen MR) is 60.8 cm³/mol. The van der Waals surface area contributed by atoms with E-state index in [1.807, 2.05) is 0 Å². The van der Waals surface area contributed by atoms with Gasteiger partial charge in [0.25, 0.3) is 0 Å². The summed E-state index contributed by atoms with van der Waals surface area (Å²) in [5.74, 6) is -2.83. The maximum absolute atomic E-state index is 13.2. The molecule has 1 heterocycles. The maximum atomic E-state index is 13.2. The Morgan fingerprint density at radius 3 is 2.50 bits per heavy atom. The van der Waals surface area contributed by atoms with Crippen LogP contribution in [-0.2, 0) is 0 Å². The summed E-state index contributed by atoms with van der Waals surface area (Å²) in [5, 5.41) is 0. The average Bonchev–Trinajstić information content (AvgIpc) is 2.40. The summed E-state index contributed by atoms with van der Waals surface area (Å²) in [7, 11) is 0. The second-order valence-electron chi connectivity index (χ2n) is 3.76. The number of benzene rings is 1. The number of hydrogen-bond acceptors (Lipinski definition) is 3. The van der Waals surface area contributed by atoms with Gasteiger partial charge in [-0.1, -0.05) is 0 Å². The first kappa shape index (κ1) is 14.0. The summed E-state index contributed by atoms with van der Waals surface area (Å²) in [4.78, 5) is 15.7. The number of carbonyl (C=O) groups excluding carboxylic acids is 1. The number of aromatic nitrogens is 1. The molecule has 20 heavy (non-hydrogen) atoms. The molecule has 0 fully saturated rings. The zero-order valence-electron chi connectivity index (χ0n) is 9.82. The number of ether oxygens (including phenoxy) is 1. The van der Waals surface area contributed by atoms with Crippen molar-refractivity contribution in [2.45, 2.75) is 6.36 Å². The lowest BCUT2D eigenvalue weighted by atomic mass is 10.0. The van der Waals surface area contributed by atoms with E-state index in [4.69, 9.17) is 0 Å². The molecular weight excluding hydrogens is 278 g/mol. The Hall–Kier alpha value is -2.44. The zero-order chi connectivity index (χ0) is 14.8. The minimum Gasteiger partial charge on any atom is -0.403 e. The fourth-order valence-corrected chi connectivity index (χ4v) is 1.51. The van der Waals surface area contributed by atoms with E-state index >= 15 is 0 Å². The van der Waals surface area contributed by atoms with Crippen LogP contribution in [-0.4, -0.2) is 17.1 Å². The van der Waals surface area contributed by atoms with Crippen LogP contribution in [0.2, 0.25) is 0 Å². The normalized spacial score (nSPS) is 11.2. The SMILES string of the molecule is O=C(c1cccnc1)c1ccc(F)c(OC(F)(F)F)c1. The Morgan fingerprint density at radius 1 is 1.15 bits per heavy atom. The van der Waals surface area contributed by atoms with Crippen LogP contribution in [0.15, 0.2) is 42.7 Å². The summed E-state index contributed by atoms with van der Waals surface area (Å²) >= 11 is 0. The first-order valence-electron chi connectivity index (χ1n) is 5.37. The van der Waals surface area contributed by atoms with Gasteiger partial charge in [0.2, 0.25) is 0 Å². The third-order valence-electron chi connectivity index (χ3n) is 2.34. The highest BCUT2D eigenvalue weighted by atomic mass is 19.4. The molecule has 2 aromatic rings. The average molecular weight is 285 g/mol. The molecule has 104 valence electrons. The van der Waals surface area contributed by atoms with E-state index in [1.54, 1.807) is 0 Å². The smallest absolute Gasteiger partial charge is 0.403 e. The van der Waals surface area contributed by atoms with E-state index in [1.165, 1.54) is 24.5 Å². The lowest BCUT2D eigenvalue weighted by molar-refractivity contribution is -0.275. The van der Waals surface area contributed by atoms with Crippen LogP contribution in [0, 0.1) is 5.82 Å². The molecule has 1 aromatic heterocycles. The Labute approximate surface area is 110 Å². The van der Waals surface area contributed by atoms with Crippen LogP contribution in [0.3, 0.4) is 0 Å². The number of carbonyl (C=O) groups is 1. The van der Waals surface area contributed by atoms with Gasteiger partial charge in [-0.25, -0.2) is 4.39 Å². The van der Waals surface area contributed by atoms with Gasteiger partial charge in [0.15, 0.2) is 17.3 Å². The van der Waals surface area contributed by atoms with Crippen molar-refractivity contribution < 1.29 is 27.1 Å². The number of rotatable bonds is 3. The number of halogens is 4. The van der Waals surface area contributed by atoms with Gasteiger partial charge in [-0.3, -0.25) is 9.78 Å². The standard InChI is InChI=1S/C13H7F4NO2/c14-10-4-3-8(6-11(10)20-13(15,16)17)12(19)9-2-1-5-18-7-9/h1-7H. The molecule has 0 atom stereocenters. The third kappa shape index (κ3) is 3.31. The Balaban J connectivity index is 2.34. The first-order valence-corrected chi connectivity index (χ1v) is 5.37. The van der Waals surface area contributed by atoms with E-state index in [2.05, 4.69) is 9.72 Å². The van der Waals surface area contributed by atoms with Crippen molar-refractivity contribution in [3.63, 3.8) is 0 Å². The number of ketones is 1. The van der Waals surface area contributed by atoms with Crippen molar-refractivity contribution in [2.24, 2.45) is 0 Å². The fraction of sp³-hybridized carbons (Fsp3) is 0.0769. The molecule has 3 nitrogen and oxygen atoms in total. The van der Waals surface area contributed by atoms with Crippen molar-refractivity contribution in [1.29, 1.82) is 0 Å². The summed E-state index contributed by atoms with van der Waals surface area (Å²) in [5.41, 5.74) is 0.0516. The summed E-state index contributed by atoms with van der Waals surface area (Å²) in [6.45, 7) is 0. The summed E-state index contributed by atoms with van der Waals surface area (Å²) in [6, 6.07) is 5.48. The molecule has 0 bridgehead atoms. The predicted octanol–water partition coefficient (Wildman–Crippen LogP) is 3.35. The molecule has 0 unspecified atom stereocenters. The monoisotopic (exact) mass is 285 g/mol. The lowest BCUT2D eigenvalue weighted by Gasteiger charge is -2.10. The number of alkyl halides is 3. The molecule has 0 radical (unpaired) electrons. The van der Waals surface area contributed by atoms with Crippen molar-refractivity contribution in [3.8, 4) is 5.75 Å². The van der Waals surface area contributed by atoms with Gasteiger partial charge < -0.3 is 4.74 Å². The van der Waals surface area contributed by atoms with E-state index in [9.17, 15) is 22.4 Å². The van der Waals surface area contributed by atoms with Crippen LogP contribution in [0.1, 0.15) is 15.9 Å². The van der Waals surface area contributed by atoms with Crippen LogP contribution in [0.5, 0.6) is 5.75 Å². The van der Waals surface area contributed by atoms with E-state index in [0.29, 0.717) is 6.07 Å². The van der Waals surface area contributed by atoms with Gasteiger partial charge in [0.1, 0.15) is 0 Å². The zero-order valence-corrected chi connectivity index (χ0v) is 9.82. The first-order chi connectivity index (χ1) is 9.37. The minimum absolute atomic E-state index is 0.126. The molecule has 0 aliphatic rings. The van der Waals surface area contributed by atoms with Crippen LogP contribution >= 0.6 is 0 Å². The van der Waals surface area contributed by atoms with Crippen LogP contribution in [0.25, 0.3) is 0 Å².